The third-order valence-corrected chi connectivity index (χ3v) is 2.67. The van der Waals surface area contributed by atoms with E-state index in [4.69, 9.17) is 5.73 Å². The van der Waals surface area contributed by atoms with Crippen LogP contribution >= 0.6 is 0 Å². The second-order valence-electron chi connectivity index (χ2n) is 3.70. The number of carbonyl (C=O) groups is 1. The van der Waals surface area contributed by atoms with Gasteiger partial charge in [-0.05, 0) is 25.7 Å². The van der Waals surface area contributed by atoms with Gasteiger partial charge in [-0.25, -0.2) is 0 Å². The highest BCUT2D eigenvalue weighted by Crippen LogP contribution is 2.27. The second kappa shape index (κ2) is 5.04. The van der Waals surface area contributed by atoms with Crippen LogP contribution in [-0.2, 0) is 4.79 Å². The molecule has 72 valence electrons. The quantitative estimate of drug-likeness (QED) is 0.667. The van der Waals surface area contributed by atoms with E-state index in [0.717, 1.165) is 12.8 Å². The molecule has 1 fully saturated rings. The van der Waals surface area contributed by atoms with Gasteiger partial charge in [0.25, 0.3) is 0 Å². The molecule has 0 aromatic heterocycles. The van der Waals surface area contributed by atoms with E-state index < -0.39 is 0 Å². The molecule has 2 nitrogen and oxygen atoms in total. The summed E-state index contributed by atoms with van der Waals surface area (Å²) in [5, 5.41) is 0. The van der Waals surface area contributed by atoms with Gasteiger partial charge in [0.1, 0.15) is 5.78 Å². The fourth-order valence-corrected chi connectivity index (χ4v) is 1.87. The van der Waals surface area contributed by atoms with Crippen LogP contribution in [-0.4, -0.2) is 11.8 Å². The molecule has 0 radical (unpaired) electrons. The van der Waals surface area contributed by atoms with E-state index in [1.807, 2.05) is 0 Å². The van der Waals surface area contributed by atoms with E-state index in [2.05, 4.69) is 11.8 Å². The van der Waals surface area contributed by atoms with Gasteiger partial charge in [-0.2, -0.15) is 0 Å². The molecule has 0 aromatic carbocycles. The van der Waals surface area contributed by atoms with Gasteiger partial charge in [0.05, 0.1) is 6.42 Å². The summed E-state index contributed by atoms with van der Waals surface area (Å²) in [6.07, 6.45) is 4.41. The first-order chi connectivity index (χ1) is 6.24. The zero-order chi connectivity index (χ0) is 9.68. The van der Waals surface area contributed by atoms with Crippen LogP contribution in [0.3, 0.4) is 0 Å². The highest BCUT2D eigenvalue weighted by atomic mass is 16.1. The molecule has 1 rings (SSSR count). The molecule has 2 unspecified atom stereocenters. The minimum atomic E-state index is 0.247. The van der Waals surface area contributed by atoms with E-state index in [1.54, 1.807) is 6.92 Å². The number of ketones is 1. The van der Waals surface area contributed by atoms with Crippen molar-refractivity contribution in [2.45, 2.75) is 45.1 Å². The summed E-state index contributed by atoms with van der Waals surface area (Å²) in [5.74, 6) is 6.20. The molecule has 1 saturated carbocycles. The minimum absolute atomic E-state index is 0.247. The molecule has 0 spiro atoms. The number of Topliss-reactive ketones (excluding diaryl/α,β-unsaturated/α-hetero) is 1. The Bertz CT molecular complexity index is 236. The third kappa shape index (κ3) is 3.20. The van der Waals surface area contributed by atoms with Crippen LogP contribution in [0.5, 0.6) is 0 Å². The highest BCUT2D eigenvalue weighted by molar-refractivity contribution is 5.81. The Hall–Kier alpha value is -0.810. The smallest absolute Gasteiger partial charge is 0.145 e. The molecule has 13 heavy (non-hydrogen) atoms. The number of rotatable bonds is 3. The number of carbonyl (C=O) groups excluding carboxylic acids is 1. The van der Waals surface area contributed by atoms with Crippen molar-refractivity contribution in [2.75, 3.05) is 0 Å². The Morgan fingerprint density at radius 3 is 2.85 bits per heavy atom. The molecule has 0 saturated heterocycles. The molecule has 0 heterocycles. The van der Waals surface area contributed by atoms with E-state index in [1.165, 1.54) is 6.42 Å². The zero-order valence-electron chi connectivity index (χ0n) is 8.18. The fraction of sp³-hybridized carbons (Fsp3) is 0.727. The van der Waals surface area contributed by atoms with Crippen molar-refractivity contribution < 1.29 is 4.79 Å². The lowest BCUT2D eigenvalue weighted by Gasteiger charge is -2.12. The predicted molar refractivity (Wildman–Crippen MR) is 53.0 cm³/mol. The summed E-state index contributed by atoms with van der Waals surface area (Å²) in [6, 6.07) is 0.249. The van der Waals surface area contributed by atoms with E-state index in [0.29, 0.717) is 18.8 Å². The first-order valence-corrected chi connectivity index (χ1v) is 4.91. The van der Waals surface area contributed by atoms with E-state index >= 15 is 0 Å². The first-order valence-electron chi connectivity index (χ1n) is 4.91. The van der Waals surface area contributed by atoms with Crippen LogP contribution in [0.2, 0.25) is 0 Å². The summed E-state index contributed by atoms with van der Waals surface area (Å²) >= 11 is 0. The molecule has 2 N–H and O–H groups in total. The first kappa shape index (κ1) is 10.3. The van der Waals surface area contributed by atoms with Gasteiger partial charge in [-0.1, -0.05) is 12.3 Å². The molecule has 0 amide bonds. The lowest BCUT2D eigenvalue weighted by molar-refractivity contribution is -0.119. The number of hydrogen-bond acceptors (Lipinski definition) is 2. The van der Waals surface area contributed by atoms with Crippen molar-refractivity contribution in [3.63, 3.8) is 0 Å². The van der Waals surface area contributed by atoms with Crippen molar-refractivity contribution in [1.82, 2.24) is 0 Å². The minimum Gasteiger partial charge on any atom is -0.327 e. The molecule has 0 bridgehead atoms. The van der Waals surface area contributed by atoms with Crippen LogP contribution in [0.25, 0.3) is 0 Å². The summed E-state index contributed by atoms with van der Waals surface area (Å²) in [7, 11) is 0. The van der Waals surface area contributed by atoms with Crippen molar-refractivity contribution in [3.05, 3.63) is 0 Å². The molecule has 1 aliphatic rings. The highest BCUT2D eigenvalue weighted by Gasteiger charge is 2.25. The monoisotopic (exact) mass is 179 g/mol. The molecule has 0 aliphatic heterocycles. The Labute approximate surface area is 79.9 Å². The molecule has 2 atom stereocenters. The van der Waals surface area contributed by atoms with Gasteiger partial charge in [0.15, 0.2) is 0 Å². The Morgan fingerprint density at radius 1 is 1.54 bits per heavy atom. The fourth-order valence-electron chi connectivity index (χ4n) is 1.87. The van der Waals surface area contributed by atoms with Crippen LogP contribution in [0.4, 0.5) is 0 Å². The average Bonchev–Trinajstić information content (AvgIpc) is 2.48. The summed E-state index contributed by atoms with van der Waals surface area (Å²) < 4.78 is 0. The number of nitrogens with two attached hydrogens (primary N) is 1. The van der Waals surface area contributed by atoms with Gasteiger partial charge in [-0.3, -0.25) is 4.79 Å². The topological polar surface area (TPSA) is 43.1 Å². The summed E-state index contributed by atoms with van der Waals surface area (Å²) in [5.41, 5.74) is 5.87. The van der Waals surface area contributed by atoms with Crippen molar-refractivity contribution in [3.8, 4) is 11.8 Å². The van der Waals surface area contributed by atoms with Crippen molar-refractivity contribution in [1.29, 1.82) is 0 Å². The van der Waals surface area contributed by atoms with Gasteiger partial charge < -0.3 is 5.73 Å². The Kier molecular flexibility index (Phi) is 3.98. The maximum atomic E-state index is 11.3. The standard InChI is InChI=1S/C11H17NO/c1-2-3-6-10(13)8-9-5-4-7-11(9)12/h9,11H,4-8,12H2,1H3. The van der Waals surface area contributed by atoms with E-state index in [9.17, 15) is 4.79 Å². The van der Waals surface area contributed by atoms with Crippen LogP contribution in [0.15, 0.2) is 0 Å². The molecule has 2 heteroatoms. The molecule has 0 aromatic rings. The molecular weight excluding hydrogens is 162 g/mol. The normalized spacial score (nSPS) is 26.6. The third-order valence-electron chi connectivity index (χ3n) is 2.67. The van der Waals surface area contributed by atoms with Gasteiger partial charge in [0, 0.05) is 12.5 Å². The lowest BCUT2D eigenvalue weighted by atomic mass is 9.96. The SMILES string of the molecule is CC#CCC(=O)CC1CCCC1N. The van der Waals surface area contributed by atoms with Crippen molar-refractivity contribution >= 4 is 5.78 Å². The number of hydrogen-bond donors (Lipinski definition) is 1. The largest absolute Gasteiger partial charge is 0.327 e. The van der Waals surface area contributed by atoms with Gasteiger partial charge in [-0.15, -0.1) is 5.92 Å². The molecule has 1 aliphatic carbocycles. The summed E-state index contributed by atoms with van der Waals surface area (Å²) in [6.45, 7) is 1.76. The van der Waals surface area contributed by atoms with Crippen LogP contribution in [0.1, 0.15) is 39.0 Å². The summed E-state index contributed by atoms with van der Waals surface area (Å²) in [4.78, 5) is 11.3. The van der Waals surface area contributed by atoms with Gasteiger partial charge in [0.2, 0.25) is 0 Å². The van der Waals surface area contributed by atoms with E-state index in [-0.39, 0.29) is 11.8 Å². The maximum Gasteiger partial charge on any atom is 0.145 e. The van der Waals surface area contributed by atoms with Gasteiger partial charge >= 0.3 is 0 Å². The van der Waals surface area contributed by atoms with Crippen LogP contribution < -0.4 is 5.73 Å². The average molecular weight is 179 g/mol. The van der Waals surface area contributed by atoms with Crippen LogP contribution in [0, 0.1) is 17.8 Å². The zero-order valence-corrected chi connectivity index (χ0v) is 8.18. The lowest BCUT2D eigenvalue weighted by Crippen LogP contribution is -2.26. The van der Waals surface area contributed by atoms with Crippen molar-refractivity contribution in [2.24, 2.45) is 11.7 Å². The molecular formula is C11H17NO. The maximum absolute atomic E-state index is 11.3. The Balaban J connectivity index is 2.29. The predicted octanol–water partition coefficient (Wildman–Crippen LogP) is 1.49. The second-order valence-corrected chi connectivity index (χ2v) is 3.70. The Morgan fingerprint density at radius 2 is 2.31 bits per heavy atom.